The third kappa shape index (κ3) is 0.978. The van der Waals surface area contributed by atoms with E-state index in [9.17, 15) is 9.59 Å². The molecule has 1 aliphatic carbocycles. The van der Waals surface area contributed by atoms with Crippen molar-refractivity contribution in [2.75, 3.05) is 0 Å². The molecule has 0 atom stereocenters. The van der Waals surface area contributed by atoms with Crippen molar-refractivity contribution in [2.24, 2.45) is 0 Å². The SMILES string of the molecule is CC1=CC(=O)C(O)=CC1=O. The normalized spacial score (nSPS) is 18.5. The Morgan fingerprint density at radius 3 is 2.30 bits per heavy atom. The van der Waals surface area contributed by atoms with Gasteiger partial charge in [0.1, 0.15) is 0 Å². The molecule has 1 rings (SSSR count). The monoisotopic (exact) mass is 138 g/mol. The van der Waals surface area contributed by atoms with Gasteiger partial charge in [0.05, 0.1) is 0 Å². The van der Waals surface area contributed by atoms with Crippen LogP contribution in [0.15, 0.2) is 23.5 Å². The Balaban J connectivity index is 3.03. The van der Waals surface area contributed by atoms with Gasteiger partial charge in [0.15, 0.2) is 11.5 Å². The van der Waals surface area contributed by atoms with E-state index in [-0.39, 0.29) is 5.78 Å². The van der Waals surface area contributed by atoms with Crippen LogP contribution in [-0.2, 0) is 9.59 Å². The lowest BCUT2D eigenvalue weighted by Gasteiger charge is -2.01. The van der Waals surface area contributed by atoms with Crippen molar-refractivity contribution in [1.29, 1.82) is 0 Å². The van der Waals surface area contributed by atoms with Gasteiger partial charge in [-0.1, -0.05) is 0 Å². The number of carbonyl (C=O) groups is 2. The lowest BCUT2D eigenvalue weighted by molar-refractivity contribution is -0.116. The Hall–Kier alpha value is -1.38. The lowest BCUT2D eigenvalue weighted by Crippen LogP contribution is -2.10. The highest BCUT2D eigenvalue weighted by atomic mass is 16.3. The van der Waals surface area contributed by atoms with Crippen LogP contribution >= 0.6 is 0 Å². The van der Waals surface area contributed by atoms with Crippen LogP contribution in [0, 0.1) is 0 Å². The zero-order valence-electron chi connectivity index (χ0n) is 5.42. The first-order chi connectivity index (χ1) is 4.61. The van der Waals surface area contributed by atoms with Crippen LogP contribution in [-0.4, -0.2) is 16.7 Å². The molecule has 0 saturated heterocycles. The first-order valence-electron chi connectivity index (χ1n) is 2.79. The van der Waals surface area contributed by atoms with E-state index in [2.05, 4.69) is 0 Å². The minimum absolute atomic E-state index is 0.308. The first kappa shape index (κ1) is 6.74. The van der Waals surface area contributed by atoms with E-state index in [1.165, 1.54) is 6.92 Å². The fourth-order valence-corrected chi connectivity index (χ4v) is 0.651. The Labute approximate surface area is 57.7 Å². The highest BCUT2D eigenvalue weighted by Crippen LogP contribution is 2.07. The molecule has 0 bridgehead atoms. The van der Waals surface area contributed by atoms with Crippen LogP contribution in [0.25, 0.3) is 0 Å². The number of aliphatic hydroxyl groups is 1. The van der Waals surface area contributed by atoms with Gasteiger partial charge in [-0.2, -0.15) is 0 Å². The second kappa shape index (κ2) is 2.10. The predicted molar refractivity (Wildman–Crippen MR) is 34.5 cm³/mol. The molecular formula is C7H6O3. The average molecular weight is 138 g/mol. The van der Waals surface area contributed by atoms with E-state index in [4.69, 9.17) is 5.11 Å². The third-order valence-corrected chi connectivity index (χ3v) is 1.26. The van der Waals surface area contributed by atoms with E-state index in [0.29, 0.717) is 5.57 Å². The zero-order chi connectivity index (χ0) is 7.72. The molecule has 0 heterocycles. The van der Waals surface area contributed by atoms with Gasteiger partial charge in [-0.05, 0) is 13.0 Å². The van der Waals surface area contributed by atoms with Crippen molar-refractivity contribution in [3.63, 3.8) is 0 Å². The molecule has 0 aromatic carbocycles. The molecule has 0 fully saturated rings. The molecule has 0 amide bonds. The molecule has 3 nitrogen and oxygen atoms in total. The third-order valence-electron chi connectivity index (χ3n) is 1.26. The average Bonchev–Trinajstić information content (AvgIpc) is 1.84. The van der Waals surface area contributed by atoms with E-state index in [1.54, 1.807) is 0 Å². The zero-order valence-corrected chi connectivity index (χ0v) is 5.42. The summed E-state index contributed by atoms with van der Waals surface area (Å²) in [4.78, 5) is 21.3. The Bertz CT molecular complexity index is 230. The van der Waals surface area contributed by atoms with Gasteiger partial charge in [-0.25, -0.2) is 0 Å². The first-order valence-corrected chi connectivity index (χ1v) is 2.79. The van der Waals surface area contributed by atoms with Gasteiger partial charge < -0.3 is 5.11 Å². The minimum Gasteiger partial charge on any atom is -0.504 e. The van der Waals surface area contributed by atoms with Crippen LogP contribution in [0.1, 0.15) is 6.92 Å². The Kier molecular flexibility index (Phi) is 1.41. The number of rotatable bonds is 0. The van der Waals surface area contributed by atoms with Crippen LogP contribution in [0.2, 0.25) is 0 Å². The standard InChI is InChI=1S/C7H6O3/c1-4-2-6(9)7(10)3-5(4)8/h2-3,10H,1H3. The molecular weight excluding hydrogens is 132 g/mol. The molecule has 0 aliphatic heterocycles. The molecule has 0 aromatic heterocycles. The second-order valence-electron chi connectivity index (χ2n) is 2.09. The quantitative estimate of drug-likeness (QED) is 0.496. The summed E-state index contributed by atoms with van der Waals surface area (Å²) >= 11 is 0. The molecule has 1 N–H and O–H groups in total. The molecule has 52 valence electrons. The van der Waals surface area contributed by atoms with Crippen LogP contribution in [0.3, 0.4) is 0 Å². The predicted octanol–water partition coefficient (Wildman–Crippen LogP) is 0.526. The number of carbonyl (C=O) groups excluding carboxylic acids is 2. The van der Waals surface area contributed by atoms with Crippen LogP contribution in [0.5, 0.6) is 0 Å². The highest BCUT2D eigenvalue weighted by molar-refractivity contribution is 6.18. The van der Waals surface area contributed by atoms with E-state index >= 15 is 0 Å². The topological polar surface area (TPSA) is 54.4 Å². The maximum Gasteiger partial charge on any atom is 0.220 e. The lowest BCUT2D eigenvalue weighted by atomic mass is 10.0. The number of ketones is 2. The van der Waals surface area contributed by atoms with Crippen molar-refractivity contribution in [3.8, 4) is 0 Å². The molecule has 10 heavy (non-hydrogen) atoms. The fraction of sp³-hybridized carbons (Fsp3) is 0.143. The molecule has 3 heteroatoms. The van der Waals surface area contributed by atoms with Gasteiger partial charge in [0, 0.05) is 11.6 Å². The summed E-state index contributed by atoms with van der Waals surface area (Å²) in [5.74, 6) is -1.29. The molecule has 0 radical (unpaired) electrons. The van der Waals surface area contributed by atoms with Gasteiger partial charge in [0.25, 0.3) is 0 Å². The van der Waals surface area contributed by atoms with Gasteiger partial charge in [-0.3, -0.25) is 9.59 Å². The van der Waals surface area contributed by atoms with Crippen molar-refractivity contribution < 1.29 is 14.7 Å². The Morgan fingerprint density at radius 2 is 1.80 bits per heavy atom. The molecule has 0 aromatic rings. The van der Waals surface area contributed by atoms with Gasteiger partial charge in [0.2, 0.25) is 5.78 Å². The summed E-state index contributed by atoms with van der Waals surface area (Å²) in [6, 6.07) is 0. The van der Waals surface area contributed by atoms with Crippen LogP contribution < -0.4 is 0 Å². The van der Waals surface area contributed by atoms with Gasteiger partial charge >= 0.3 is 0 Å². The molecule has 0 unspecified atom stereocenters. The number of hydrogen-bond acceptors (Lipinski definition) is 3. The van der Waals surface area contributed by atoms with Crippen LogP contribution in [0.4, 0.5) is 0 Å². The summed E-state index contributed by atoms with van der Waals surface area (Å²) in [5.41, 5.74) is 0.364. The van der Waals surface area contributed by atoms with Crippen molar-refractivity contribution >= 4 is 11.6 Å². The summed E-state index contributed by atoms with van der Waals surface area (Å²) in [5, 5.41) is 8.71. The largest absolute Gasteiger partial charge is 0.504 e. The summed E-state index contributed by atoms with van der Waals surface area (Å²) in [6.07, 6.45) is 2.05. The van der Waals surface area contributed by atoms with E-state index in [1.807, 2.05) is 0 Å². The summed E-state index contributed by atoms with van der Waals surface area (Å²) in [6.45, 7) is 1.53. The van der Waals surface area contributed by atoms with E-state index in [0.717, 1.165) is 12.2 Å². The fourth-order valence-electron chi connectivity index (χ4n) is 0.651. The number of allylic oxidation sites excluding steroid dienone is 3. The number of aliphatic hydroxyl groups excluding tert-OH is 1. The summed E-state index contributed by atoms with van der Waals surface area (Å²) in [7, 11) is 0. The van der Waals surface area contributed by atoms with E-state index < -0.39 is 11.5 Å². The smallest absolute Gasteiger partial charge is 0.220 e. The summed E-state index contributed by atoms with van der Waals surface area (Å²) < 4.78 is 0. The molecule has 0 saturated carbocycles. The minimum atomic E-state index is -0.503. The van der Waals surface area contributed by atoms with Crippen molar-refractivity contribution in [3.05, 3.63) is 23.5 Å². The Morgan fingerprint density at radius 1 is 1.20 bits per heavy atom. The molecule has 1 aliphatic rings. The molecule has 0 spiro atoms. The second-order valence-corrected chi connectivity index (χ2v) is 2.09. The van der Waals surface area contributed by atoms with Gasteiger partial charge in [-0.15, -0.1) is 0 Å². The maximum absolute atomic E-state index is 10.7. The maximum atomic E-state index is 10.7. The number of hydrogen-bond donors (Lipinski definition) is 1. The van der Waals surface area contributed by atoms with Crippen molar-refractivity contribution in [2.45, 2.75) is 6.92 Å². The van der Waals surface area contributed by atoms with Crippen molar-refractivity contribution in [1.82, 2.24) is 0 Å². The highest BCUT2D eigenvalue weighted by Gasteiger charge is 2.15.